The van der Waals surface area contributed by atoms with Crippen molar-refractivity contribution in [3.63, 3.8) is 0 Å². The zero-order chi connectivity index (χ0) is 22.8. The van der Waals surface area contributed by atoms with Gasteiger partial charge in [-0.05, 0) is 97.5 Å². The molecule has 2 nitrogen and oxygen atoms in total. The van der Waals surface area contributed by atoms with Crippen molar-refractivity contribution in [1.82, 2.24) is 0 Å². The van der Waals surface area contributed by atoms with E-state index < -0.39 is 0 Å². The molecule has 0 radical (unpaired) electrons. The lowest BCUT2D eigenvalue weighted by Crippen LogP contribution is -2.50. The van der Waals surface area contributed by atoms with Gasteiger partial charge in [0.2, 0.25) is 0 Å². The van der Waals surface area contributed by atoms with Gasteiger partial charge in [0, 0.05) is 15.2 Å². The van der Waals surface area contributed by atoms with Crippen LogP contribution in [0, 0.1) is 28.6 Å². The predicted molar refractivity (Wildman–Crippen MR) is 136 cm³/mol. The number of carbonyl (C=O) groups is 1. The SMILES string of the molecule is CC12CCC3C(CC=C4CC(O)CCC43C)C1C/C(=C\c1ccc(-c3ccccc3)s1)C2=O. The summed E-state index contributed by atoms with van der Waals surface area (Å²) in [7, 11) is 0. The van der Waals surface area contributed by atoms with Crippen LogP contribution in [0.25, 0.3) is 16.5 Å². The van der Waals surface area contributed by atoms with Crippen LogP contribution in [0.2, 0.25) is 0 Å². The molecule has 3 heteroatoms. The van der Waals surface area contributed by atoms with Gasteiger partial charge in [0.15, 0.2) is 5.78 Å². The largest absolute Gasteiger partial charge is 0.393 e. The zero-order valence-electron chi connectivity index (χ0n) is 19.7. The fourth-order valence-electron chi connectivity index (χ4n) is 7.80. The molecule has 2 aromatic rings. The highest BCUT2D eigenvalue weighted by Gasteiger charge is 2.59. The van der Waals surface area contributed by atoms with Crippen molar-refractivity contribution in [2.75, 3.05) is 0 Å². The van der Waals surface area contributed by atoms with E-state index in [1.54, 1.807) is 11.3 Å². The molecular formula is C30H34O2S. The standard InChI is InChI=1S/C30H34O2S/c1-29-14-12-22(31)18-21(29)8-10-24-25(29)13-15-30(2)26(24)17-20(28(30)32)16-23-9-11-27(33-23)19-6-4-3-5-7-19/h3-9,11,16,22,24-26,31H,10,12-15,17-18H2,1-2H3/b20-16+. The lowest BCUT2D eigenvalue weighted by atomic mass is 9.48. The molecule has 172 valence electrons. The minimum absolute atomic E-state index is 0.163. The van der Waals surface area contributed by atoms with Crippen molar-refractivity contribution in [2.45, 2.75) is 64.9 Å². The first-order valence-corrected chi connectivity index (χ1v) is 13.5. The van der Waals surface area contributed by atoms with Crippen LogP contribution in [-0.2, 0) is 4.79 Å². The number of fused-ring (bicyclic) bond motifs is 5. The number of rotatable bonds is 2. The number of thiophene rings is 1. The highest BCUT2D eigenvalue weighted by atomic mass is 32.1. The molecular weight excluding hydrogens is 424 g/mol. The van der Waals surface area contributed by atoms with Gasteiger partial charge in [-0.3, -0.25) is 4.79 Å². The van der Waals surface area contributed by atoms with Gasteiger partial charge in [0.25, 0.3) is 0 Å². The van der Waals surface area contributed by atoms with E-state index in [1.165, 1.54) is 20.9 Å². The molecule has 0 saturated heterocycles. The Kier molecular flexibility index (Phi) is 5.08. The molecule has 1 N–H and O–H groups in total. The number of ketones is 1. The number of aliphatic hydroxyl groups excluding tert-OH is 1. The van der Waals surface area contributed by atoms with Crippen molar-refractivity contribution in [3.8, 4) is 10.4 Å². The van der Waals surface area contributed by atoms with Crippen molar-refractivity contribution in [2.24, 2.45) is 28.6 Å². The Morgan fingerprint density at radius 1 is 0.970 bits per heavy atom. The minimum atomic E-state index is -0.206. The van der Waals surface area contributed by atoms with Gasteiger partial charge in [-0.15, -0.1) is 11.3 Å². The molecule has 3 saturated carbocycles. The van der Waals surface area contributed by atoms with Crippen molar-refractivity contribution < 1.29 is 9.90 Å². The second-order valence-electron chi connectivity index (χ2n) is 11.4. The quantitative estimate of drug-likeness (QED) is 0.379. The summed E-state index contributed by atoms with van der Waals surface area (Å²) in [6, 6.07) is 14.9. The average molecular weight is 459 g/mol. The molecule has 0 bridgehead atoms. The summed E-state index contributed by atoms with van der Waals surface area (Å²) in [5.41, 5.74) is 3.80. The van der Waals surface area contributed by atoms with Gasteiger partial charge in [-0.2, -0.15) is 0 Å². The van der Waals surface area contributed by atoms with Gasteiger partial charge >= 0.3 is 0 Å². The van der Waals surface area contributed by atoms with E-state index >= 15 is 0 Å². The van der Waals surface area contributed by atoms with E-state index in [-0.39, 0.29) is 16.9 Å². The Balaban J connectivity index is 1.29. The second-order valence-corrected chi connectivity index (χ2v) is 12.5. The first-order chi connectivity index (χ1) is 15.9. The maximum Gasteiger partial charge on any atom is 0.165 e. The molecule has 4 aliphatic rings. The second kappa shape index (κ2) is 7.78. The fraction of sp³-hybridized carbons (Fsp3) is 0.500. The molecule has 1 aromatic carbocycles. The summed E-state index contributed by atoms with van der Waals surface area (Å²) in [6.45, 7) is 4.71. The summed E-state index contributed by atoms with van der Waals surface area (Å²) in [5, 5.41) is 10.2. The topological polar surface area (TPSA) is 37.3 Å². The summed E-state index contributed by atoms with van der Waals surface area (Å²) in [5.74, 6) is 2.09. The molecule has 1 aromatic heterocycles. The third-order valence-electron chi connectivity index (χ3n) is 9.72. The van der Waals surface area contributed by atoms with Crippen LogP contribution in [0.4, 0.5) is 0 Å². The van der Waals surface area contributed by atoms with Crippen molar-refractivity contribution >= 4 is 23.2 Å². The van der Waals surface area contributed by atoms with E-state index in [0.717, 1.165) is 50.5 Å². The molecule has 33 heavy (non-hydrogen) atoms. The smallest absolute Gasteiger partial charge is 0.165 e. The van der Waals surface area contributed by atoms with E-state index in [9.17, 15) is 9.90 Å². The van der Waals surface area contributed by atoms with Crippen LogP contribution in [0.15, 0.2) is 59.7 Å². The van der Waals surface area contributed by atoms with Crippen molar-refractivity contribution in [3.05, 3.63) is 64.6 Å². The minimum Gasteiger partial charge on any atom is -0.393 e. The summed E-state index contributed by atoms with van der Waals surface area (Å²) < 4.78 is 0. The highest BCUT2D eigenvalue weighted by molar-refractivity contribution is 7.16. The molecule has 4 aliphatic carbocycles. The monoisotopic (exact) mass is 458 g/mol. The number of carbonyl (C=O) groups excluding carboxylic acids is 1. The van der Waals surface area contributed by atoms with Gasteiger partial charge in [-0.1, -0.05) is 55.8 Å². The molecule has 6 rings (SSSR count). The number of aliphatic hydroxyl groups is 1. The molecule has 3 fully saturated rings. The van der Waals surface area contributed by atoms with Gasteiger partial charge in [-0.25, -0.2) is 0 Å². The average Bonchev–Trinajstić information content (AvgIpc) is 3.38. The first-order valence-electron chi connectivity index (χ1n) is 12.7. The van der Waals surface area contributed by atoms with E-state index in [2.05, 4.69) is 62.4 Å². The number of hydrogen-bond donors (Lipinski definition) is 1. The Morgan fingerprint density at radius 3 is 2.58 bits per heavy atom. The van der Waals surface area contributed by atoms with Gasteiger partial charge < -0.3 is 5.11 Å². The maximum atomic E-state index is 13.7. The predicted octanol–water partition coefficient (Wildman–Crippen LogP) is 7.30. The summed E-state index contributed by atoms with van der Waals surface area (Å²) in [4.78, 5) is 16.2. The van der Waals surface area contributed by atoms with Crippen LogP contribution in [0.5, 0.6) is 0 Å². The Morgan fingerprint density at radius 2 is 1.76 bits per heavy atom. The third kappa shape index (κ3) is 3.34. The Hall–Kier alpha value is -1.97. The van der Waals surface area contributed by atoms with E-state index in [0.29, 0.717) is 23.5 Å². The molecule has 0 spiro atoms. The Labute approximate surface area is 201 Å². The number of Topliss-reactive ketones (excluding diaryl/α,β-unsaturated/α-hetero) is 1. The molecule has 0 aliphatic heterocycles. The summed E-state index contributed by atoms with van der Waals surface area (Å²) >= 11 is 1.78. The maximum absolute atomic E-state index is 13.7. The molecule has 6 unspecified atom stereocenters. The molecule has 0 amide bonds. The highest BCUT2D eigenvalue weighted by Crippen LogP contribution is 2.64. The molecule has 6 atom stereocenters. The van der Waals surface area contributed by atoms with E-state index in [1.807, 2.05) is 6.07 Å². The first kappa shape index (κ1) is 21.6. The van der Waals surface area contributed by atoms with Gasteiger partial charge in [0.05, 0.1) is 6.10 Å². The number of allylic oxidation sites excluding steroid dienone is 2. The van der Waals surface area contributed by atoms with Crippen molar-refractivity contribution in [1.29, 1.82) is 0 Å². The van der Waals surface area contributed by atoms with Crippen LogP contribution in [0.1, 0.15) is 63.7 Å². The van der Waals surface area contributed by atoms with E-state index in [4.69, 9.17) is 0 Å². The molecule has 1 heterocycles. The fourth-order valence-corrected chi connectivity index (χ4v) is 8.78. The van der Waals surface area contributed by atoms with Crippen LogP contribution in [-0.4, -0.2) is 17.0 Å². The lowest BCUT2D eigenvalue weighted by molar-refractivity contribution is -0.130. The van der Waals surface area contributed by atoms with Gasteiger partial charge in [0.1, 0.15) is 0 Å². The normalized spacial score (nSPS) is 39.1. The van der Waals surface area contributed by atoms with Crippen LogP contribution < -0.4 is 0 Å². The van der Waals surface area contributed by atoms with Crippen LogP contribution in [0.3, 0.4) is 0 Å². The third-order valence-corrected chi connectivity index (χ3v) is 10.8. The Bertz CT molecular complexity index is 1140. The summed E-state index contributed by atoms with van der Waals surface area (Å²) in [6.07, 6.45) is 11.5. The lowest BCUT2D eigenvalue weighted by Gasteiger charge is -2.56. The number of hydrogen-bond acceptors (Lipinski definition) is 3. The van der Waals surface area contributed by atoms with Crippen LogP contribution >= 0.6 is 11.3 Å². The number of benzene rings is 1. The zero-order valence-corrected chi connectivity index (χ0v) is 20.5.